The van der Waals surface area contributed by atoms with Crippen LogP contribution in [-0.2, 0) is 4.74 Å². The summed E-state index contributed by atoms with van der Waals surface area (Å²) in [7, 11) is 0. The summed E-state index contributed by atoms with van der Waals surface area (Å²) < 4.78 is 5.09. The van der Waals surface area contributed by atoms with Crippen molar-refractivity contribution in [1.82, 2.24) is 0 Å². The molecule has 1 fully saturated rings. The van der Waals surface area contributed by atoms with Crippen molar-refractivity contribution in [3.05, 3.63) is 11.8 Å². The zero-order valence-electron chi connectivity index (χ0n) is 10.8. The molecule has 1 saturated heterocycles. The van der Waals surface area contributed by atoms with Crippen LogP contribution in [0.5, 0.6) is 0 Å². The van der Waals surface area contributed by atoms with Gasteiger partial charge in [-0.3, -0.25) is 0 Å². The zero-order chi connectivity index (χ0) is 14.3. The predicted molar refractivity (Wildman–Crippen MR) is 68.7 cm³/mol. The molecule has 0 aliphatic carbocycles. The quantitative estimate of drug-likeness (QED) is 0.428. The monoisotopic (exact) mass is 266 g/mol. The minimum atomic E-state index is -1.84. The Morgan fingerprint density at radius 1 is 1.32 bits per heavy atom. The van der Waals surface area contributed by atoms with Crippen molar-refractivity contribution < 1.29 is 25.2 Å². The van der Waals surface area contributed by atoms with Crippen molar-refractivity contribution in [3.8, 4) is 23.7 Å². The molecule has 5 nitrogen and oxygen atoms in total. The van der Waals surface area contributed by atoms with Crippen molar-refractivity contribution in [2.75, 3.05) is 6.61 Å². The van der Waals surface area contributed by atoms with E-state index in [0.29, 0.717) is 13.0 Å². The van der Waals surface area contributed by atoms with Gasteiger partial charge >= 0.3 is 0 Å². The molecule has 3 atom stereocenters. The summed E-state index contributed by atoms with van der Waals surface area (Å²) in [6.45, 7) is 1.92. The molecule has 0 aromatic rings. The van der Waals surface area contributed by atoms with Gasteiger partial charge in [-0.1, -0.05) is 11.8 Å². The average Bonchev–Trinajstić information content (AvgIpc) is 2.42. The topological polar surface area (TPSA) is 90.2 Å². The lowest BCUT2D eigenvalue weighted by atomic mass is 9.95. The molecular weight excluding hydrogens is 248 g/mol. The van der Waals surface area contributed by atoms with Crippen LogP contribution < -0.4 is 0 Å². The molecule has 19 heavy (non-hydrogen) atoms. The van der Waals surface area contributed by atoms with Gasteiger partial charge in [0.15, 0.2) is 5.79 Å². The first-order chi connectivity index (χ1) is 9.01. The Hall–Kier alpha value is -1.50. The third-order valence-electron chi connectivity index (χ3n) is 2.83. The SMILES string of the molecule is CC#CC#CC=C(O)[C@@H](O)[C@H](O)[C@]1(O)CCCCO1. The van der Waals surface area contributed by atoms with Gasteiger partial charge in [0.2, 0.25) is 0 Å². The van der Waals surface area contributed by atoms with Gasteiger partial charge in [0.1, 0.15) is 18.0 Å². The number of rotatable bonds is 3. The molecule has 4 N–H and O–H groups in total. The van der Waals surface area contributed by atoms with E-state index in [4.69, 9.17) is 4.74 Å². The molecule has 1 aliphatic heterocycles. The molecule has 1 aliphatic rings. The number of hydrogen-bond donors (Lipinski definition) is 4. The van der Waals surface area contributed by atoms with Crippen LogP contribution in [0.2, 0.25) is 0 Å². The summed E-state index contributed by atoms with van der Waals surface area (Å²) in [6, 6.07) is 0. The lowest BCUT2D eigenvalue weighted by Crippen LogP contribution is -2.53. The van der Waals surface area contributed by atoms with E-state index in [1.165, 1.54) is 0 Å². The molecule has 0 aromatic heterocycles. The molecule has 0 spiro atoms. The van der Waals surface area contributed by atoms with Gasteiger partial charge in [0.05, 0.1) is 6.61 Å². The lowest BCUT2D eigenvalue weighted by Gasteiger charge is -2.37. The molecule has 0 unspecified atom stereocenters. The van der Waals surface area contributed by atoms with Gasteiger partial charge in [-0.25, -0.2) is 0 Å². The van der Waals surface area contributed by atoms with Gasteiger partial charge in [-0.05, 0) is 31.6 Å². The number of aliphatic hydroxyl groups is 4. The fourth-order valence-electron chi connectivity index (χ4n) is 1.74. The maximum Gasteiger partial charge on any atom is 0.194 e. The predicted octanol–water partition coefficient (Wildman–Crippen LogP) is 0.0659. The fourth-order valence-corrected chi connectivity index (χ4v) is 1.74. The van der Waals surface area contributed by atoms with Crippen molar-refractivity contribution in [2.45, 2.75) is 44.2 Å². The highest BCUT2D eigenvalue weighted by Gasteiger charge is 2.43. The van der Waals surface area contributed by atoms with E-state index in [0.717, 1.165) is 12.5 Å². The van der Waals surface area contributed by atoms with Crippen molar-refractivity contribution in [2.24, 2.45) is 0 Å². The molecule has 0 saturated carbocycles. The van der Waals surface area contributed by atoms with Crippen molar-refractivity contribution in [1.29, 1.82) is 0 Å². The fraction of sp³-hybridized carbons (Fsp3) is 0.571. The Balaban J connectivity index is 2.72. The van der Waals surface area contributed by atoms with Crippen LogP contribution in [0.4, 0.5) is 0 Å². The highest BCUT2D eigenvalue weighted by molar-refractivity contribution is 5.31. The third kappa shape index (κ3) is 4.27. The molecule has 0 amide bonds. The van der Waals surface area contributed by atoms with Gasteiger partial charge in [0, 0.05) is 12.5 Å². The van der Waals surface area contributed by atoms with Crippen molar-refractivity contribution in [3.63, 3.8) is 0 Å². The average molecular weight is 266 g/mol. The van der Waals surface area contributed by atoms with Gasteiger partial charge in [0.25, 0.3) is 0 Å². The summed E-state index contributed by atoms with van der Waals surface area (Å²) in [4.78, 5) is 0. The van der Waals surface area contributed by atoms with Crippen LogP contribution >= 0.6 is 0 Å². The van der Waals surface area contributed by atoms with E-state index in [-0.39, 0.29) is 6.42 Å². The summed E-state index contributed by atoms with van der Waals surface area (Å²) in [5.74, 6) is 7.45. The third-order valence-corrected chi connectivity index (χ3v) is 2.83. The summed E-state index contributed by atoms with van der Waals surface area (Å²) >= 11 is 0. The van der Waals surface area contributed by atoms with E-state index >= 15 is 0 Å². The standard InChI is InChI=1S/C14H18O5/c1-2-3-4-5-8-11(15)12(16)13(17)14(18)9-6-7-10-19-14/h8,12-13,15-18H,6-7,9-10H2,1H3/t12-,13+,14+/m1/s1. The minimum Gasteiger partial charge on any atom is -0.509 e. The highest BCUT2D eigenvalue weighted by atomic mass is 16.6. The van der Waals surface area contributed by atoms with Crippen LogP contribution in [0.25, 0.3) is 0 Å². The zero-order valence-corrected chi connectivity index (χ0v) is 10.8. The smallest absolute Gasteiger partial charge is 0.194 e. The molecule has 1 rings (SSSR count). The highest BCUT2D eigenvalue weighted by Crippen LogP contribution is 2.28. The first-order valence-electron chi connectivity index (χ1n) is 6.05. The largest absolute Gasteiger partial charge is 0.509 e. The number of hydrogen-bond acceptors (Lipinski definition) is 5. The Bertz CT molecular complexity index is 440. The molecule has 104 valence electrons. The Labute approximate surface area is 112 Å². The Morgan fingerprint density at radius 2 is 2.05 bits per heavy atom. The van der Waals surface area contributed by atoms with Crippen LogP contribution in [0.15, 0.2) is 11.8 Å². The van der Waals surface area contributed by atoms with E-state index < -0.39 is 23.8 Å². The van der Waals surface area contributed by atoms with Gasteiger partial charge < -0.3 is 25.2 Å². The second-order valence-corrected chi connectivity index (χ2v) is 4.25. The lowest BCUT2D eigenvalue weighted by molar-refractivity contribution is -0.288. The van der Waals surface area contributed by atoms with E-state index in [9.17, 15) is 20.4 Å². The molecule has 1 heterocycles. The summed E-state index contributed by atoms with van der Waals surface area (Å²) in [5, 5.41) is 39.2. The molecular formula is C14H18O5. The van der Waals surface area contributed by atoms with Gasteiger partial charge in [-0.15, -0.1) is 0 Å². The van der Waals surface area contributed by atoms with E-state index in [2.05, 4.69) is 23.7 Å². The number of allylic oxidation sites excluding steroid dienone is 1. The van der Waals surface area contributed by atoms with E-state index in [1.807, 2.05) is 0 Å². The number of aliphatic hydroxyl groups excluding tert-OH is 3. The summed E-state index contributed by atoms with van der Waals surface area (Å²) in [5.41, 5.74) is 0. The molecule has 0 radical (unpaired) electrons. The summed E-state index contributed by atoms with van der Waals surface area (Å²) in [6.07, 6.45) is -0.601. The van der Waals surface area contributed by atoms with Crippen LogP contribution in [-0.4, -0.2) is 45.0 Å². The second-order valence-electron chi connectivity index (χ2n) is 4.25. The van der Waals surface area contributed by atoms with Crippen LogP contribution in [0.1, 0.15) is 26.2 Å². The maximum atomic E-state index is 10.0. The molecule has 5 heteroatoms. The van der Waals surface area contributed by atoms with Crippen molar-refractivity contribution >= 4 is 0 Å². The van der Waals surface area contributed by atoms with Crippen LogP contribution in [0, 0.1) is 23.7 Å². The second kappa shape index (κ2) is 7.18. The maximum absolute atomic E-state index is 10.0. The Kier molecular flexibility index (Phi) is 5.88. The first-order valence-corrected chi connectivity index (χ1v) is 6.05. The first kappa shape index (κ1) is 15.6. The Morgan fingerprint density at radius 3 is 2.63 bits per heavy atom. The number of ether oxygens (including phenoxy) is 1. The van der Waals surface area contributed by atoms with Gasteiger partial charge in [-0.2, -0.15) is 0 Å². The van der Waals surface area contributed by atoms with E-state index in [1.54, 1.807) is 6.92 Å². The minimum absolute atomic E-state index is 0.200. The molecule has 0 bridgehead atoms. The normalized spacial score (nSPS) is 26.4. The van der Waals surface area contributed by atoms with Crippen LogP contribution in [0.3, 0.4) is 0 Å². The molecule has 0 aromatic carbocycles.